The number of esters is 1. The van der Waals surface area contributed by atoms with Gasteiger partial charge in [-0.25, -0.2) is 9.18 Å². The van der Waals surface area contributed by atoms with Crippen molar-refractivity contribution >= 4 is 5.97 Å². The Morgan fingerprint density at radius 1 is 1.27 bits per heavy atom. The average Bonchev–Trinajstić information content (AvgIpc) is 2.47. The zero-order valence-corrected chi connectivity index (χ0v) is 13.3. The first kappa shape index (κ1) is 16.1. The summed E-state index contributed by atoms with van der Waals surface area (Å²) in [5.41, 5.74) is 3.42. The van der Waals surface area contributed by atoms with E-state index in [9.17, 15) is 9.18 Å². The zero-order chi connectivity index (χ0) is 16.3. The SMILES string of the molecule is CCOC(=O)c1c(C(C)C)cc(C)nc1-c1ccc(F)cc1. The minimum absolute atomic E-state index is 0.153. The Labute approximate surface area is 130 Å². The molecule has 22 heavy (non-hydrogen) atoms. The molecule has 0 saturated carbocycles. The molecule has 3 nitrogen and oxygen atoms in total. The van der Waals surface area contributed by atoms with Gasteiger partial charge in [-0.05, 0) is 55.7 Å². The topological polar surface area (TPSA) is 39.2 Å². The van der Waals surface area contributed by atoms with Gasteiger partial charge in [0.05, 0.1) is 17.9 Å². The van der Waals surface area contributed by atoms with E-state index in [2.05, 4.69) is 4.98 Å². The van der Waals surface area contributed by atoms with Crippen molar-refractivity contribution in [3.05, 3.63) is 53.0 Å². The van der Waals surface area contributed by atoms with Crippen LogP contribution in [0.4, 0.5) is 4.39 Å². The van der Waals surface area contributed by atoms with Crippen LogP contribution in [0.2, 0.25) is 0 Å². The van der Waals surface area contributed by atoms with Crippen LogP contribution in [0.3, 0.4) is 0 Å². The summed E-state index contributed by atoms with van der Waals surface area (Å²) in [4.78, 5) is 16.9. The smallest absolute Gasteiger partial charge is 0.340 e. The Morgan fingerprint density at radius 3 is 2.45 bits per heavy atom. The van der Waals surface area contributed by atoms with Crippen LogP contribution in [0.25, 0.3) is 11.3 Å². The van der Waals surface area contributed by atoms with Gasteiger partial charge in [-0.15, -0.1) is 0 Å². The first-order chi connectivity index (χ1) is 10.4. The highest BCUT2D eigenvalue weighted by atomic mass is 19.1. The fourth-order valence-corrected chi connectivity index (χ4v) is 2.39. The largest absolute Gasteiger partial charge is 0.462 e. The molecule has 0 atom stereocenters. The predicted octanol–water partition coefficient (Wildman–Crippen LogP) is 4.50. The van der Waals surface area contributed by atoms with Crippen LogP contribution in [0.5, 0.6) is 0 Å². The molecule has 0 bridgehead atoms. The van der Waals surface area contributed by atoms with E-state index < -0.39 is 5.97 Å². The van der Waals surface area contributed by atoms with E-state index in [0.29, 0.717) is 23.4 Å². The summed E-state index contributed by atoms with van der Waals surface area (Å²) in [5, 5.41) is 0. The van der Waals surface area contributed by atoms with Gasteiger partial charge in [0.25, 0.3) is 0 Å². The quantitative estimate of drug-likeness (QED) is 0.781. The van der Waals surface area contributed by atoms with E-state index >= 15 is 0 Å². The number of hydrogen-bond donors (Lipinski definition) is 0. The third-order valence-corrected chi connectivity index (χ3v) is 3.40. The summed E-state index contributed by atoms with van der Waals surface area (Å²) in [7, 11) is 0. The van der Waals surface area contributed by atoms with Crippen LogP contribution in [0.1, 0.15) is 48.3 Å². The van der Waals surface area contributed by atoms with Crippen LogP contribution < -0.4 is 0 Å². The third-order valence-electron chi connectivity index (χ3n) is 3.40. The molecule has 0 radical (unpaired) electrons. The van der Waals surface area contributed by atoms with Crippen molar-refractivity contribution in [2.75, 3.05) is 6.61 Å². The number of halogens is 1. The molecule has 0 unspecified atom stereocenters. The van der Waals surface area contributed by atoms with Crippen molar-refractivity contribution in [2.45, 2.75) is 33.6 Å². The molecule has 0 N–H and O–H groups in total. The van der Waals surface area contributed by atoms with Crippen molar-refractivity contribution in [1.29, 1.82) is 0 Å². The van der Waals surface area contributed by atoms with Crippen LogP contribution in [-0.2, 0) is 4.74 Å². The zero-order valence-electron chi connectivity index (χ0n) is 13.3. The first-order valence-corrected chi connectivity index (χ1v) is 7.38. The van der Waals surface area contributed by atoms with Crippen LogP contribution in [0, 0.1) is 12.7 Å². The molecule has 1 heterocycles. The molecule has 116 valence electrons. The van der Waals surface area contributed by atoms with E-state index in [4.69, 9.17) is 4.74 Å². The van der Waals surface area contributed by atoms with Gasteiger partial charge in [0, 0.05) is 11.3 Å². The van der Waals surface area contributed by atoms with Gasteiger partial charge in [0.2, 0.25) is 0 Å². The average molecular weight is 301 g/mol. The van der Waals surface area contributed by atoms with Gasteiger partial charge in [-0.3, -0.25) is 4.98 Å². The molecule has 0 spiro atoms. The lowest BCUT2D eigenvalue weighted by Crippen LogP contribution is -2.13. The lowest BCUT2D eigenvalue weighted by molar-refractivity contribution is 0.0525. The number of nitrogens with zero attached hydrogens (tertiary/aromatic N) is 1. The lowest BCUT2D eigenvalue weighted by atomic mass is 9.93. The standard InChI is InChI=1S/C18H20FNO2/c1-5-22-18(21)16-15(11(2)3)10-12(4)20-17(16)13-6-8-14(19)9-7-13/h6-11H,5H2,1-4H3. The normalized spacial score (nSPS) is 10.8. The molecular weight excluding hydrogens is 281 g/mol. The van der Waals surface area contributed by atoms with Gasteiger partial charge >= 0.3 is 5.97 Å². The number of aryl methyl sites for hydroxylation is 1. The van der Waals surface area contributed by atoms with Crippen molar-refractivity contribution in [2.24, 2.45) is 0 Å². The number of aromatic nitrogens is 1. The van der Waals surface area contributed by atoms with Crippen LogP contribution in [0.15, 0.2) is 30.3 Å². The number of rotatable bonds is 4. The molecule has 0 aliphatic rings. The number of hydrogen-bond acceptors (Lipinski definition) is 3. The molecule has 0 saturated heterocycles. The number of ether oxygens (including phenoxy) is 1. The van der Waals surface area contributed by atoms with Gasteiger partial charge in [-0.2, -0.15) is 0 Å². The molecule has 0 fully saturated rings. The second-order valence-electron chi connectivity index (χ2n) is 5.46. The highest BCUT2D eigenvalue weighted by Crippen LogP contribution is 2.30. The van der Waals surface area contributed by atoms with Crippen molar-refractivity contribution < 1.29 is 13.9 Å². The molecular formula is C18H20FNO2. The van der Waals surface area contributed by atoms with Crippen LogP contribution >= 0.6 is 0 Å². The van der Waals surface area contributed by atoms with E-state index in [0.717, 1.165) is 11.3 Å². The summed E-state index contributed by atoms with van der Waals surface area (Å²) >= 11 is 0. The van der Waals surface area contributed by atoms with Gasteiger partial charge < -0.3 is 4.74 Å². The summed E-state index contributed by atoms with van der Waals surface area (Å²) < 4.78 is 18.3. The first-order valence-electron chi connectivity index (χ1n) is 7.38. The molecule has 0 aliphatic carbocycles. The second-order valence-corrected chi connectivity index (χ2v) is 5.46. The lowest BCUT2D eigenvalue weighted by Gasteiger charge is -2.17. The number of benzene rings is 1. The summed E-state index contributed by atoms with van der Waals surface area (Å²) in [6.07, 6.45) is 0. The van der Waals surface area contributed by atoms with Crippen LogP contribution in [-0.4, -0.2) is 17.6 Å². The second kappa shape index (κ2) is 6.69. The summed E-state index contributed by atoms with van der Waals surface area (Å²) in [6, 6.07) is 7.89. The molecule has 1 aromatic heterocycles. The highest BCUT2D eigenvalue weighted by molar-refractivity contribution is 5.98. The molecule has 0 amide bonds. The number of pyridine rings is 1. The van der Waals surface area contributed by atoms with Crippen molar-refractivity contribution in [3.8, 4) is 11.3 Å². The maximum absolute atomic E-state index is 13.2. The molecule has 4 heteroatoms. The summed E-state index contributed by atoms with van der Waals surface area (Å²) in [6.45, 7) is 7.99. The van der Waals surface area contributed by atoms with E-state index in [1.165, 1.54) is 12.1 Å². The van der Waals surface area contributed by atoms with E-state index in [1.807, 2.05) is 26.8 Å². The summed E-state index contributed by atoms with van der Waals surface area (Å²) in [5.74, 6) is -0.559. The van der Waals surface area contributed by atoms with Crippen molar-refractivity contribution in [1.82, 2.24) is 4.98 Å². The fourth-order valence-electron chi connectivity index (χ4n) is 2.39. The minimum atomic E-state index is -0.391. The highest BCUT2D eigenvalue weighted by Gasteiger charge is 2.22. The van der Waals surface area contributed by atoms with Gasteiger partial charge in [0.15, 0.2) is 0 Å². The Balaban J connectivity index is 2.70. The van der Waals surface area contributed by atoms with Crippen molar-refractivity contribution in [3.63, 3.8) is 0 Å². The number of carbonyl (C=O) groups is 1. The number of carbonyl (C=O) groups excluding carboxylic acids is 1. The molecule has 2 rings (SSSR count). The van der Waals surface area contributed by atoms with Gasteiger partial charge in [0.1, 0.15) is 5.82 Å². The Hall–Kier alpha value is -2.23. The molecule has 0 aliphatic heterocycles. The maximum Gasteiger partial charge on any atom is 0.340 e. The molecule has 1 aromatic carbocycles. The maximum atomic E-state index is 13.2. The predicted molar refractivity (Wildman–Crippen MR) is 84.4 cm³/mol. The molecule has 2 aromatic rings. The Bertz CT molecular complexity index is 678. The Morgan fingerprint density at radius 2 is 1.91 bits per heavy atom. The third kappa shape index (κ3) is 3.32. The minimum Gasteiger partial charge on any atom is -0.462 e. The van der Waals surface area contributed by atoms with E-state index in [1.54, 1.807) is 19.1 Å². The fraction of sp³-hybridized carbons (Fsp3) is 0.333. The van der Waals surface area contributed by atoms with Gasteiger partial charge in [-0.1, -0.05) is 13.8 Å². The Kier molecular flexibility index (Phi) is 4.91. The monoisotopic (exact) mass is 301 g/mol. The van der Waals surface area contributed by atoms with E-state index in [-0.39, 0.29) is 11.7 Å².